The summed E-state index contributed by atoms with van der Waals surface area (Å²) in [4.78, 5) is 2.55. The molecule has 2 aliphatic rings. The van der Waals surface area contributed by atoms with E-state index in [1.807, 2.05) is 0 Å². The Labute approximate surface area is 129 Å². The molecule has 1 aromatic rings. The minimum atomic E-state index is -3.50. The Morgan fingerprint density at radius 1 is 0.950 bits per heavy atom. The van der Waals surface area contributed by atoms with Crippen LogP contribution in [0.4, 0.5) is 0 Å². The Morgan fingerprint density at radius 3 is 2.00 bits per heavy atom. The maximum Gasteiger partial charge on any atom is 0.243 e. The fraction of sp³-hybridized carbons (Fsp3) is 0.538. The van der Waals surface area contributed by atoms with Crippen LogP contribution in [0.25, 0.3) is 0 Å². The second-order valence-corrected chi connectivity index (χ2v) is 8.09. The number of piperazine rings is 1. The minimum absolute atomic E-state index is 0.176. The first-order valence-corrected chi connectivity index (χ1v) is 8.87. The van der Waals surface area contributed by atoms with Gasteiger partial charge in [-0.1, -0.05) is 23.2 Å². The van der Waals surface area contributed by atoms with Crippen molar-refractivity contribution >= 4 is 33.2 Å². The summed E-state index contributed by atoms with van der Waals surface area (Å²) >= 11 is 11.8. The Bertz CT molecular complexity index is 589. The molecule has 0 spiro atoms. The quantitative estimate of drug-likeness (QED) is 0.852. The average Bonchev–Trinajstić information content (AvgIpc) is 3.22. The highest BCUT2D eigenvalue weighted by Gasteiger charge is 2.34. The number of hydrogen-bond acceptors (Lipinski definition) is 3. The molecule has 1 aliphatic heterocycles. The lowest BCUT2D eigenvalue weighted by Crippen LogP contribution is -2.49. The molecular weight excluding hydrogens is 319 g/mol. The molecule has 4 nitrogen and oxygen atoms in total. The zero-order valence-electron chi connectivity index (χ0n) is 10.9. The lowest BCUT2D eigenvalue weighted by molar-refractivity contribution is 0.180. The van der Waals surface area contributed by atoms with Crippen molar-refractivity contribution in [2.24, 2.45) is 0 Å². The first-order valence-electron chi connectivity index (χ1n) is 6.67. The molecule has 20 heavy (non-hydrogen) atoms. The van der Waals surface area contributed by atoms with Crippen LogP contribution in [0.3, 0.4) is 0 Å². The van der Waals surface area contributed by atoms with E-state index < -0.39 is 10.0 Å². The van der Waals surface area contributed by atoms with Gasteiger partial charge in [-0.15, -0.1) is 0 Å². The van der Waals surface area contributed by atoms with Gasteiger partial charge in [0.2, 0.25) is 10.0 Å². The molecule has 7 heteroatoms. The molecular formula is C13H16Cl2N2O2S. The summed E-state index contributed by atoms with van der Waals surface area (Å²) in [5.74, 6) is 0. The van der Waals surface area contributed by atoms with Gasteiger partial charge in [0.15, 0.2) is 0 Å². The van der Waals surface area contributed by atoms with Crippen LogP contribution in [-0.2, 0) is 10.0 Å². The third-order valence-corrected chi connectivity index (χ3v) is 6.12. The number of sulfonamides is 1. The van der Waals surface area contributed by atoms with Crippen LogP contribution in [-0.4, -0.2) is 49.8 Å². The van der Waals surface area contributed by atoms with Crippen LogP contribution in [0.1, 0.15) is 12.8 Å². The predicted octanol–water partition coefficient (Wildman–Crippen LogP) is 2.46. The number of benzene rings is 1. The van der Waals surface area contributed by atoms with Crippen molar-refractivity contribution in [1.82, 2.24) is 9.21 Å². The highest BCUT2D eigenvalue weighted by molar-refractivity contribution is 7.89. The van der Waals surface area contributed by atoms with Gasteiger partial charge in [0.1, 0.15) is 0 Å². The van der Waals surface area contributed by atoms with Gasteiger partial charge in [0.25, 0.3) is 0 Å². The van der Waals surface area contributed by atoms with Gasteiger partial charge in [-0.05, 0) is 31.0 Å². The molecule has 1 saturated carbocycles. The van der Waals surface area contributed by atoms with E-state index >= 15 is 0 Å². The van der Waals surface area contributed by atoms with Crippen molar-refractivity contribution in [3.8, 4) is 0 Å². The van der Waals surface area contributed by atoms with Crippen LogP contribution < -0.4 is 0 Å². The van der Waals surface area contributed by atoms with E-state index in [9.17, 15) is 8.42 Å². The number of rotatable bonds is 3. The van der Waals surface area contributed by atoms with Gasteiger partial charge in [-0.3, -0.25) is 4.90 Å². The summed E-state index contributed by atoms with van der Waals surface area (Å²) in [5.41, 5.74) is 0. The molecule has 1 aliphatic carbocycles. The highest BCUT2D eigenvalue weighted by atomic mass is 35.5. The molecule has 0 N–H and O–H groups in total. The molecule has 2 fully saturated rings. The average molecular weight is 335 g/mol. The van der Waals surface area contributed by atoms with E-state index in [0.717, 1.165) is 13.1 Å². The number of halogens is 2. The van der Waals surface area contributed by atoms with Gasteiger partial charge >= 0.3 is 0 Å². The third kappa shape index (κ3) is 2.97. The molecule has 110 valence electrons. The Balaban J connectivity index is 1.77. The number of nitrogens with zero attached hydrogens (tertiary/aromatic N) is 2. The van der Waals surface area contributed by atoms with E-state index in [4.69, 9.17) is 23.2 Å². The van der Waals surface area contributed by atoms with E-state index in [-0.39, 0.29) is 4.90 Å². The first-order chi connectivity index (χ1) is 9.46. The molecule has 3 rings (SSSR count). The van der Waals surface area contributed by atoms with E-state index in [2.05, 4.69) is 4.90 Å². The van der Waals surface area contributed by atoms with Gasteiger partial charge in [0, 0.05) is 42.3 Å². The predicted molar refractivity (Wildman–Crippen MR) is 79.8 cm³/mol. The molecule has 0 radical (unpaired) electrons. The smallest absolute Gasteiger partial charge is 0.243 e. The topological polar surface area (TPSA) is 40.6 Å². The van der Waals surface area contributed by atoms with Crippen LogP contribution in [0.2, 0.25) is 10.0 Å². The first kappa shape index (κ1) is 14.6. The minimum Gasteiger partial charge on any atom is -0.298 e. The largest absolute Gasteiger partial charge is 0.298 e. The molecule has 0 bridgehead atoms. The van der Waals surface area contributed by atoms with Crippen molar-refractivity contribution in [1.29, 1.82) is 0 Å². The van der Waals surface area contributed by atoms with E-state index in [1.54, 1.807) is 0 Å². The van der Waals surface area contributed by atoms with Gasteiger partial charge < -0.3 is 0 Å². The number of hydrogen-bond donors (Lipinski definition) is 0. The van der Waals surface area contributed by atoms with Crippen molar-refractivity contribution in [3.63, 3.8) is 0 Å². The third-order valence-electron chi connectivity index (χ3n) is 3.81. The second kappa shape index (κ2) is 5.46. The van der Waals surface area contributed by atoms with E-state index in [1.165, 1.54) is 35.3 Å². The molecule has 0 amide bonds. The van der Waals surface area contributed by atoms with Crippen LogP contribution >= 0.6 is 23.2 Å². The van der Waals surface area contributed by atoms with Crippen molar-refractivity contribution < 1.29 is 8.42 Å². The zero-order chi connectivity index (χ0) is 14.3. The second-order valence-electron chi connectivity index (χ2n) is 5.28. The summed E-state index contributed by atoms with van der Waals surface area (Å²) in [6.45, 7) is 2.67. The monoisotopic (exact) mass is 334 g/mol. The lowest BCUT2D eigenvalue weighted by atomic mass is 10.3. The molecule has 0 atom stereocenters. The summed E-state index contributed by atoms with van der Waals surface area (Å²) in [5, 5.41) is 0.681. The van der Waals surface area contributed by atoms with Gasteiger partial charge in [0.05, 0.1) is 4.90 Å². The Kier molecular flexibility index (Phi) is 3.99. The molecule has 1 saturated heterocycles. The van der Waals surface area contributed by atoms with Gasteiger partial charge in [-0.2, -0.15) is 4.31 Å². The Hall–Kier alpha value is -0.330. The zero-order valence-corrected chi connectivity index (χ0v) is 13.3. The van der Waals surface area contributed by atoms with Crippen molar-refractivity contribution in [2.75, 3.05) is 26.2 Å². The summed E-state index contributed by atoms with van der Waals surface area (Å²) < 4.78 is 26.7. The van der Waals surface area contributed by atoms with Crippen LogP contribution in [0.5, 0.6) is 0 Å². The fourth-order valence-electron chi connectivity index (χ4n) is 2.58. The Morgan fingerprint density at radius 2 is 1.50 bits per heavy atom. The van der Waals surface area contributed by atoms with Crippen LogP contribution in [0, 0.1) is 0 Å². The van der Waals surface area contributed by atoms with Crippen molar-refractivity contribution in [3.05, 3.63) is 28.2 Å². The molecule has 0 aromatic heterocycles. The lowest BCUT2D eigenvalue weighted by Gasteiger charge is -2.34. The fourth-order valence-corrected chi connectivity index (χ4v) is 4.72. The summed E-state index contributed by atoms with van der Waals surface area (Å²) in [6.07, 6.45) is 2.49. The normalized spacial score (nSPS) is 22.1. The van der Waals surface area contributed by atoms with Crippen LogP contribution in [0.15, 0.2) is 23.1 Å². The van der Waals surface area contributed by atoms with Gasteiger partial charge in [-0.25, -0.2) is 8.42 Å². The highest BCUT2D eigenvalue weighted by Crippen LogP contribution is 2.29. The molecule has 1 heterocycles. The molecule has 1 aromatic carbocycles. The summed E-state index contributed by atoms with van der Waals surface area (Å²) in [6, 6.07) is 5.12. The summed E-state index contributed by atoms with van der Waals surface area (Å²) in [7, 11) is -3.50. The SMILES string of the molecule is O=S(=O)(c1cc(Cl)cc(Cl)c1)N1CCN(C2CC2)CC1. The standard InChI is InChI=1S/C13H16Cl2N2O2S/c14-10-7-11(15)9-13(8-10)20(18,19)17-5-3-16(4-6-17)12-1-2-12/h7-9,12H,1-6H2. The maximum absolute atomic E-state index is 12.6. The molecule has 0 unspecified atom stereocenters. The maximum atomic E-state index is 12.6. The van der Waals surface area contributed by atoms with Crippen molar-refractivity contribution in [2.45, 2.75) is 23.8 Å². The van der Waals surface area contributed by atoms with E-state index in [0.29, 0.717) is 29.2 Å².